The Bertz CT molecular complexity index is 1090. The van der Waals surface area contributed by atoms with E-state index in [9.17, 15) is 9.18 Å². The maximum Gasteiger partial charge on any atom is 0.234 e. The third-order valence-electron chi connectivity index (χ3n) is 5.36. The van der Waals surface area contributed by atoms with Gasteiger partial charge in [-0.2, -0.15) is 0 Å². The molecule has 1 amide bonds. The van der Waals surface area contributed by atoms with Crippen LogP contribution in [0.2, 0.25) is 0 Å². The molecule has 1 fully saturated rings. The van der Waals surface area contributed by atoms with Crippen LogP contribution in [-0.4, -0.2) is 70.8 Å². The van der Waals surface area contributed by atoms with Crippen LogP contribution in [0.3, 0.4) is 0 Å². The fraction of sp³-hybridized carbons (Fsp3) is 0.375. The van der Waals surface area contributed by atoms with Gasteiger partial charge in [0.2, 0.25) is 5.91 Å². The molecule has 1 saturated heterocycles. The van der Waals surface area contributed by atoms with Crippen molar-refractivity contribution in [1.82, 2.24) is 19.7 Å². The summed E-state index contributed by atoms with van der Waals surface area (Å²) in [6.45, 7) is 7.05. The van der Waals surface area contributed by atoms with Crippen molar-refractivity contribution < 1.29 is 18.7 Å². The number of aromatic nitrogens is 3. The zero-order valence-corrected chi connectivity index (χ0v) is 19.9. The Morgan fingerprint density at radius 1 is 1.12 bits per heavy atom. The van der Waals surface area contributed by atoms with Crippen LogP contribution in [0.4, 0.5) is 10.1 Å². The number of nitrogens with one attached hydrogen (secondary N) is 1. The molecule has 8 nitrogen and oxygen atoms in total. The highest BCUT2D eigenvalue weighted by atomic mass is 32.2. The van der Waals surface area contributed by atoms with Gasteiger partial charge in [0, 0.05) is 31.7 Å². The van der Waals surface area contributed by atoms with Crippen molar-refractivity contribution in [1.29, 1.82) is 0 Å². The minimum absolute atomic E-state index is 0.164. The molecular weight excluding hydrogens is 457 g/mol. The minimum atomic E-state index is -0.304. The summed E-state index contributed by atoms with van der Waals surface area (Å²) in [5.41, 5.74) is 1.41. The van der Waals surface area contributed by atoms with Crippen molar-refractivity contribution in [3.05, 3.63) is 54.3 Å². The quantitative estimate of drug-likeness (QED) is 0.440. The predicted molar refractivity (Wildman–Crippen MR) is 130 cm³/mol. The lowest BCUT2D eigenvalue weighted by Gasteiger charge is -2.27. The van der Waals surface area contributed by atoms with Gasteiger partial charge in [0.05, 0.1) is 31.3 Å². The highest BCUT2D eigenvalue weighted by Crippen LogP contribution is 2.26. The first kappa shape index (κ1) is 24.2. The van der Waals surface area contributed by atoms with Crippen molar-refractivity contribution in [2.75, 3.05) is 50.5 Å². The second-order valence-corrected chi connectivity index (χ2v) is 8.63. The molecule has 3 aromatic rings. The van der Waals surface area contributed by atoms with E-state index < -0.39 is 0 Å². The van der Waals surface area contributed by atoms with Gasteiger partial charge in [0.15, 0.2) is 11.0 Å². The number of carbonyl (C=O) groups excluding carboxylic acids is 1. The molecular formula is C24H28FN5O3S. The average Bonchev–Trinajstić information content (AvgIpc) is 3.26. The molecule has 34 heavy (non-hydrogen) atoms. The molecule has 1 aromatic heterocycles. The second kappa shape index (κ2) is 12.0. The van der Waals surface area contributed by atoms with Crippen LogP contribution in [0.15, 0.2) is 53.7 Å². The van der Waals surface area contributed by atoms with Gasteiger partial charge in [-0.1, -0.05) is 23.9 Å². The number of morpholine rings is 1. The number of hydrogen-bond acceptors (Lipinski definition) is 7. The van der Waals surface area contributed by atoms with E-state index in [2.05, 4.69) is 20.4 Å². The molecule has 1 aliphatic rings. The fourth-order valence-electron chi connectivity index (χ4n) is 3.64. The molecule has 180 valence electrons. The van der Waals surface area contributed by atoms with Crippen LogP contribution >= 0.6 is 11.8 Å². The maximum atomic E-state index is 13.4. The predicted octanol–water partition coefficient (Wildman–Crippen LogP) is 3.55. The summed E-state index contributed by atoms with van der Waals surface area (Å²) in [7, 11) is 0. The topological polar surface area (TPSA) is 81.5 Å². The van der Waals surface area contributed by atoms with Crippen molar-refractivity contribution in [3.8, 4) is 17.1 Å². The monoisotopic (exact) mass is 485 g/mol. The van der Waals surface area contributed by atoms with E-state index >= 15 is 0 Å². The van der Waals surface area contributed by atoms with Crippen molar-refractivity contribution in [3.63, 3.8) is 0 Å². The fourth-order valence-corrected chi connectivity index (χ4v) is 4.41. The molecule has 0 radical (unpaired) electrons. The number of nitrogens with zero attached hydrogens (tertiary/aromatic N) is 4. The van der Waals surface area contributed by atoms with Gasteiger partial charge in [0.25, 0.3) is 0 Å². The molecule has 10 heteroatoms. The smallest absolute Gasteiger partial charge is 0.234 e. The van der Waals surface area contributed by atoms with Crippen LogP contribution in [0, 0.1) is 5.82 Å². The van der Waals surface area contributed by atoms with Gasteiger partial charge in [-0.3, -0.25) is 9.69 Å². The van der Waals surface area contributed by atoms with Gasteiger partial charge in [0.1, 0.15) is 11.6 Å². The number of rotatable bonds is 10. The number of hydrogen-bond donors (Lipinski definition) is 1. The van der Waals surface area contributed by atoms with Gasteiger partial charge in [-0.15, -0.1) is 10.2 Å². The van der Waals surface area contributed by atoms with Crippen LogP contribution in [0.25, 0.3) is 11.4 Å². The Labute approximate surface area is 202 Å². The summed E-state index contributed by atoms with van der Waals surface area (Å²) in [5.74, 6) is 0.984. The first-order chi connectivity index (χ1) is 16.6. The van der Waals surface area contributed by atoms with E-state index in [1.807, 2.05) is 35.8 Å². The number of amides is 1. The summed E-state index contributed by atoms with van der Waals surface area (Å²) in [6.07, 6.45) is 0. The lowest BCUT2D eigenvalue weighted by Crippen LogP contribution is -2.38. The Balaban J connectivity index is 1.46. The Morgan fingerprint density at radius 3 is 2.65 bits per heavy atom. The van der Waals surface area contributed by atoms with Gasteiger partial charge >= 0.3 is 0 Å². The number of carbonyl (C=O) groups is 1. The number of halogens is 1. The van der Waals surface area contributed by atoms with E-state index in [0.717, 1.165) is 38.4 Å². The zero-order valence-electron chi connectivity index (χ0n) is 19.1. The van der Waals surface area contributed by atoms with Crippen molar-refractivity contribution in [2.45, 2.75) is 18.6 Å². The molecule has 0 atom stereocenters. The van der Waals surface area contributed by atoms with Crippen molar-refractivity contribution in [2.24, 2.45) is 0 Å². The van der Waals surface area contributed by atoms with E-state index in [4.69, 9.17) is 9.47 Å². The summed E-state index contributed by atoms with van der Waals surface area (Å²) in [5, 5.41) is 12.2. The first-order valence-corrected chi connectivity index (χ1v) is 12.3. The third kappa shape index (κ3) is 6.34. The van der Waals surface area contributed by atoms with E-state index in [-0.39, 0.29) is 17.5 Å². The lowest BCUT2D eigenvalue weighted by atomic mass is 10.2. The molecule has 2 heterocycles. The van der Waals surface area contributed by atoms with Crippen LogP contribution in [0.5, 0.6) is 5.75 Å². The highest BCUT2D eigenvalue weighted by Gasteiger charge is 2.18. The molecule has 0 saturated carbocycles. The molecule has 1 N–H and O–H groups in total. The summed E-state index contributed by atoms with van der Waals surface area (Å²) < 4.78 is 26.5. The third-order valence-corrected chi connectivity index (χ3v) is 6.32. The number of benzene rings is 2. The number of anilines is 1. The first-order valence-electron chi connectivity index (χ1n) is 11.3. The standard InChI is InChI=1S/C24H28FN5O3S/c1-2-33-21-6-4-3-5-20(21)26-22(31)17-34-24-28-27-23(18-7-9-19(25)10-8-18)30(24)12-11-29-13-15-32-16-14-29/h3-10H,2,11-17H2,1H3,(H,26,31). The highest BCUT2D eigenvalue weighted by molar-refractivity contribution is 7.99. The lowest BCUT2D eigenvalue weighted by molar-refractivity contribution is -0.113. The SMILES string of the molecule is CCOc1ccccc1NC(=O)CSc1nnc(-c2ccc(F)cc2)n1CCN1CCOCC1. The molecule has 0 spiro atoms. The van der Waals surface area contributed by atoms with Crippen molar-refractivity contribution >= 4 is 23.4 Å². The average molecular weight is 486 g/mol. The Hall–Kier alpha value is -2.95. The number of thioether (sulfide) groups is 1. The van der Waals surface area contributed by atoms with E-state index in [0.29, 0.717) is 35.6 Å². The van der Waals surface area contributed by atoms with E-state index in [1.165, 1.54) is 23.9 Å². The van der Waals surface area contributed by atoms with Gasteiger partial charge in [-0.25, -0.2) is 4.39 Å². The Kier molecular flexibility index (Phi) is 8.51. The second-order valence-electron chi connectivity index (χ2n) is 7.68. The maximum absolute atomic E-state index is 13.4. The molecule has 0 bridgehead atoms. The van der Waals surface area contributed by atoms with Gasteiger partial charge < -0.3 is 19.4 Å². The molecule has 0 aliphatic carbocycles. The summed E-state index contributed by atoms with van der Waals surface area (Å²) in [6, 6.07) is 13.5. The van der Waals surface area contributed by atoms with Crippen LogP contribution < -0.4 is 10.1 Å². The molecule has 2 aromatic carbocycles. The number of para-hydroxylation sites is 2. The largest absolute Gasteiger partial charge is 0.492 e. The van der Waals surface area contributed by atoms with Crippen LogP contribution in [0.1, 0.15) is 6.92 Å². The summed E-state index contributed by atoms with van der Waals surface area (Å²) in [4.78, 5) is 15.0. The Morgan fingerprint density at radius 2 is 1.88 bits per heavy atom. The van der Waals surface area contributed by atoms with Crippen LogP contribution in [-0.2, 0) is 16.1 Å². The zero-order chi connectivity index (χ0) is 23.8. The van der Waals surface area contributed by atoms with Gasteiger partial charge in [-0.05, 0) is 43.3 Å². The normalized spacial score (nSPS) is 14.2. The molecule has 0 unspecified atom stereocenters. The molecule has 4 rings (SSSR count). The minimum Gasteiger partial charge on any atom is -0.492 e. The molecule has 1 aliphatic heterocycles. The van der Waals surface area contributed by atoms with E-state index in [1.54, 1.807) is 12.1 Å². The number of ether oxygens (including phenoxy) is 2. The summed E-state index contributed by atoms with van der Waals surface area (Å²) >= 11 is 1.32.